The van der Waals surface area contributed by atoms with Crippen LogP contribution in [0.15, 0.2) is 42.5 Å². The zero-order valence-corrected chi connectivity index (χ0v) is 12.7. The van der Waals surface area contributed by atoms with Crippen molar-refractivity contribution < 1.29 is 9.84 Å². The minimum absolute atomic E-state index is 0.269. The molecule has 2 aromatic rings. The maximum atomic E-state index is 9.50. The van der Waals surface area contributed by atoms with Crippen LogP contribution in [0.5, 0.6) is 11.5 Å². The zero-order chi connectivity index (χ0) is 15.1. The van der Waals surface area contributed by atoms with Crippen LogP contribution in [-0.4, -0.2) is 11.7 Å². The minimum atomic E-state index is 0.269. The number of hydrogen-bond donors (Lipinski definition) is 2. The number of benzene rings is 2. The first-order chi connectivity index (χ1) is 10.2. The highest BCUT2D eigenvalue weighted by Crippen LogP contribution is 2.25. The number of hydrogen-bond acceptors (Lipinski definition) is 3. The van der Waals surface area contributed by atoms with Gasteiger partial charge in [-0.25, -0.2) is 0 Å². The van der Waals surface area contributed by atoms with Crippen LogP contribution in [0, 0.1) is 6.92 Å². The second kappa shape index (κ2) is 7.70. The van der Waals surface area contributed by atoms with Gasteiger partial charge in [-0.15, -0.1) is 0 Å². The second-order valence-corrected chi connectivity index (χ2v) is 5.20. The van der Waals surface area contributed by atoms with Crippen molar-refractivity contribution in [2.45, 2.75) is 33.4 Å². The fourth-order valence-corrected chi connectivity index (χ4v) is 2.26. The van der Waals surface area contributed by atoms with Gasteiger partial charge < -0.3 is 15.2 Å². The highest BCUT2D eigenvalue weighted by molar-refractivity contribution is 5.41. The predicted octanol–water partition coefficient (Wildman–Crippen LogP) is 3.78. The molecule has 0 atom stereocenters. The van der Waals surface area contributed by atoms with Crippen LogP contribution < -0.4 is 10.1 Å². The molecule has 0 aliphatic rings. The van der Waals surface area contributed by atoms with Gasteiger partial charge in [0.2, 0.25) is 0 Å². The standard InChI is InChI=1S/C18H23NO2/c1-3-10-19-12-16-8-4-6-14(2)18(16)21-13-15-7-5-9-17(20)11-15/h4-9,11,19-20H,3,10,12-13H2,1-2H3. The second-order valence-electron chi connectivity index (χ2n) is 5.20. The van der Waals surface area contributed by atoms with E-state index in [-0.39, 0.29) is 5.75 Å². The summed E-state index contributed by atoms with van der Waals surface area (Å²) in [7, 11) is 0. The average Bonchev–Trinajstić information content (AvgIpc) is 2.47. The van der Waals surface area contributed by atoms with Crippen molar-refractivity contribution in [1.29, 1.82) is 0 Å². The molecule has 3 nitrogen and oxygen atoms in total. The summed E-state index contributed by atoms with van der Waals surface area (Å²) in [6.45, 7) is 6.48. The van der Waals surface area contributed by atoms with E-state index in [2.05, 4.69) is 37.4 Å². The van der Waals surface area contributed by atoms with Gasteiger partial charge >= 0.3 is 0 Å². The molecule has 0 bridgehead atoms. The molecular formula is C18H23NO2. The van der Waals surface area contributed by atoms with E-state index >= 15 is 0 Å². The summed E-state index contributed by atoms with van der Waals surface area (Å²) in [5.41, 5.74) is 3.26. The largest absolute Gasteiger partial charge is 0.508 e. The third kappa shape index (κ3) is 4.50. The third-order valence-corrected chi connectivity index (χ3v) is 3.33. The Balaban J connectivity index is 2.07. The van der Waals surface area contributed by atoms with Crippen LogP contribution in [0.3, 0.4) is 0 Å². The Bertz CT molecular complexity index is 581. The first-order valence-corrected chi connectivity index (χ1v) is 7.40. The smallest absolute Gasteiger partial charge is 0.127 e. The van der Waals surface area contributed by atoms with Crippen molar-refractivity contribution in [2.75, 3.05) is 6.54 Å². The van der Waals surface area contributed by atoms with Gasteiger partial charge in [0.15, 0.2) is 0 Å². The lowest BCUT2D eigenvalue weighted by Gasteiger charge is -2.15. The van der Waals surface area contributed by atoms with E-state index in [1.165, 1.54) is 5.56 Å². The van der Waals surface area contributed by atoms with Crippen LogP contribution in [0.25, 0.3) is 0 Å². The van der Waals surface area contributed by atoms with E-state index in [9.17, 15) is 5.11 Å². The number of rotatable bonds is 7. The molecule has 0 unspecified atom stereocenters. The Morgan fingerprint density at radius 1 is 1.14 bits per heavy atom. The molecule has 0 aromatic heterocycles. The monoisotopic (exact) mass is 285 g/mol. The van der Waals surface area contributed by atoms with Crippen LogP contribution >= 0.6 is 0 Å². The molecule has 0 heterocycles. The fraction of sp³-hybridized carbons (Fsp3) is 0.333. The molecule has 0 amide bonds. The highest BCUT2D eigenvalue weighted by atomic mass is 16.5. The van der Waals surface area contributed by atoms with E-state index < -0.39 is 0 Å². The van der Waals surface area contributed by atoms with Crippen molar-refractivity contribution in [2.24, 2.45) is 0 Å². The number of aryl methyl sites for hydroxylation is 1. The molecule has 3 heteroatoms. The molecule has 2 rings (SSSR count). The number of phenolic OH excluding ortho intramolecular Hbond substituents is 1. The molecule has 2 N–H and O–H groups in total. The summed E-state index contributed by atoms with van der Waals surface area (Å²) in [6.07, 6.45) is 1.12. The SMILES string of the molecule is CCCNCc1cccc(C)c1OCc1cccc(O)c1. The Hall–Kier alpha value is -2.00. The minimum Gasteiger partial charge on any atom is -0.508 e. The topological polar surface area (TPSA) is 41.5 Å². The maximum Gasteiger partial charge on any atom is 0.127 e. The van der Waals surface area contributed by atoms with Gasteiger partial charge in [0.1, 0.15) is 18.1 Å². The van der Waals surface area contributed by atoms with E-state index in [1.54, 1.807) is 12.1 Å². The van der Waals surface area contributed by atoms with Crippen LogP contribution in [0.1, 0.15) is 30.0 Å². The first kappa shape index (κ1) is 15.4. The molecule has 0 aliphatic carbocycles. The summed E-state index contributed by atoms with van der Waals surface area (Å²) in [6, 6.07) is 13.4. The van der Waals surface area contributed by atoms with Crippen molar-refractivity contribution in [1.82, 2.24) is 5.32 Å². The fourth-order valence-electron chi connectivity index (χ4n) is 2.26. The van der Waals surface area contributed by atoms with Gasteiger partial charge in [-0.05, 0) is 43.1 Å². The lowest BCUT2D eigenvalue weighted by atomic mass is 10.1. The van der Waals surface area contributed by atoms with Gasteiger partial charge in [-0.2, -0.15) is 0 Å². The summed E-state index contributed by atoms with van der Waals surface area (Å²) in [5, 5.41) is 12.9. The summed E-state index contributed by atoms with van der Waals surface area (Å²) < 4.78 is 5.99. The van der Waals surface area contributed by atoms with Gasteiger partial charge in [0.05, 0.1) is 0 Å². The van der Waals surface area contributed by atoms with Crippen LogP contribution in [0.2, 0.25) is 0 Å². The molecule has 0 saturated carbocycles. The van der Waals surface area contributed by atoms with Gasteiger partial charge in [-0.3, -0.25) is 0 Å². The Morgan fingerprint density at radius 3 is 2.71 bits per heavy atom. The van der Waals surface area contributed by atoms with E-state index in [4.69, 9.17) is 4.74 Å². The molecular weight excluding hydrogens is 262 g/mol. The lowest BCUT2D eigenvalue weighted by molar-refractivity contribution is 0.299. The lowest BCUT2D eigenvalue weighted by Crippen LogP contribution is -2.15. The maximum absolute atomic E-state index is 9.50. The van der Waals surface area contributed by atoms with Crippen LogP contribution in [0.4, 0.5) is 0 Å². The highest BCUT2D eigenvalue weighted by Gasteiger charge is 2.07. The molecule has 21 heavy (non-hydrogen) atoms. The van der Waals surface area contributed by atoms with Crippen LogP contribution in [-0.2, 0) is 13.2 Å². The Labute approximate surface area is 126 Å². The molecule has 0 spiro atoms. The average molecular weight is 285 g/mol. The quantitative estimate of drug-likeness (QED) is 0.761. The summed E-state index contributed by atoms with van der Waals surface area (Å²) in [4.78, 5) is 0. The number of nitrogens with one attached hydrogen (secondary N) is 1. The van der Waals surface area contributed by atoms with Crippen molar-refractivity contribution in [3.8, 4) is 11.5 Å². The molecule has 0 radical (unpaired) electrons. The zero-order valence-electron chi connectivity index (χ0n) is 12.7. The molecule has 0 saturated heterocycles. The summed E-state index contributed by atoms with van der Waals surface area (Å²) in [5.74, 6) is 1.20. The van der Waals surface area contributed by atoms with Gasteiger partial charge in [0.25, 0.3) is 0 Å². The van der Waals surface area contributed by atoms with Gasteiger partial charge in [0, 0.05) is 12.1 Å². The Morgan fingerprint density at radius 2 is 1.95 bits per heavy atom. The molecule has 0 aliphatic heterocycles. The normalized spacial score (nSPS) is 10.6. The molecule has 0 fully saturated rings. The number of phenols is 1. The number of para-hydroxylation sites is 1. The first-order valence-electron chi connectivity index (χ1n) is 7.40. The van der Waals surface area contributed by atoms with E-state index in [0.29, 0.717) is 6.61 Å². The third-order valence-electron chi connectivity index (χ3n) is 3.33. The van der Waals surface area contributed by atoms with E-state index in [1.807, 2.05) is 12.1 Å². The van der Waals surface area contributed by atoms with Crippen molar-refractivity contribution in [3.63, 3.8) is 0 Å². The Kier molecular flexibility index (Phi) is 5.64. The van der Waals surface area contributed by atoms with Crippen molar-refractivity contribution >= 4 is 0 Å². The predicted molar refractivity (Wildman–Crippen MR) is 85.6 cm³/mol. The van der Waals surface area contributed by atoms with Gasteiger partial charge in [-0.1, -0.05) is 37.3 Å². The number of aromatic hydroxyl groups is 1. The molecule has 2 aromatic carbocycles. The summed E-state index contributed by atoms with van der Waals surface area (Å²) >= 11 is 0. The molecule has 112 valence electrons. The number of ether oxygens (including phenoxy) is 1. The van der Waals surface area contributed by atoms with Crippen molar-refractivity contribution in [3.05, 3.63) is 59.2 Å². The van der Waals surface area contributed by atoms with E-state index in [0.717, 1.165) is 36.4 Å².